The molecule has 0 spiro atoms. The predicted octanol–water partition coefficient (Wildman–Crippen LogP) is 2.22. The molecule has 3 rings (SSSR count). The van der Waals surface area contributed by atoms with Crippen molar-refractivity contribution in [3.63, 3.8) is 0 Å². The van der Waals surface area contributed by atoms with Crippen molar-refractivity contribution in [1.29, 1.82) is 0 Å². The highest BCUT2D eigenvalue weighted by Gasteiger charge is 2.12. The van der Waals surface area contributed by atoms with E-state index in [1.54, 1.807) is 6.33 Å². The molecule has 0 radical (unpaired) electrons. The molecule has 0 bridgehead atoms. The molecule has 3 N–H and O–H groups in total. The molecule has 2 heterocycles. The van der Waals surface area contributed by atoms with Gasteiger partial charge in [0.1, 0.15) is 17.6 Å². The lowest BCUT2D eigenvalue weighted by Gasteiger charge is -2.12. The fourth-order valence-electron chi connectivity index (χ4n) is 2.24. The highest BCUT2D eigenvalue weighted by Crippen LogP contribution is 2.31. The van der Waals surface area contributed by atoms with E-state index >= 15 is 0 Å². The predicted molar refractivity (Wildman–Crippen MR) is 75.6 cm³/mol. The Bertz CT molecular complexity index is 742. The summed E-state index contributed by atoms with van der Waals surface area (Å²) < 4.78 is 5.95. The van der Waals surface area contributed by atoms with Crippen molar-refractivity contribution < 1.29 is 4.74 Å². The fraction of sp³-hybridized carbons (Fsp3) is 0.214. The number of nitrogens with zero attached hydrogens (tertiary/aromatic N) is 3. The van der Waals surface area contributed by atoms with Crippen molar-refractivity contribution in [3.8, 4) is 11.6 Å². The SMILES string of the molecule is Cc1cc(CN)cc(C)c1Oc1ncnc2nc[nH]c12. The average Bonchev–Trinajstić information content (AvgIpc) is 2.91. The van der Waals surface area contributed by atoms with Gasteiger partial charge in [0.25, 0.3) is 0 Å². The number of nitrogens with one attached hydrogen (secondary N) is 1. The first kappa shape index (κ1) is 12.6. The molecule has 1 aromatic carbocycles. The Labute approximate surface area is 116 Å². The standard InChI is InChI=1S/C14H15N5O/c1-8-3-10(5-15)4-9(2)12(8)20-14-11-13(17-6-16-11)18-7-19-14/h3-4,6-7H,5,15H2,1-2H3,(H,16,17,18,19). The van der Waals surface area contributed by atoms with Gasteiger partial charge in [-0.1, -0.05) is 12.1 Å². The van der Waals surface area contributed by atoms with Crippen LogP contribution in [0.4, 0.5) is 0 Å². The summed E-state index contributed by atoms with van der Waals surface area (Å²) in [6.07, 6.45) is 3.01. The first-order chi connectivity index (χ1) is 9.69. The lowest BCUT2D eigenvalue weighted by molar-refractivity contribution is 0.460. The van der Waals surface area contributed by atoms with Crippen LogP contribution in [0.5, 0.6) is 11.6 Å². The van der Waals surface area contributed by atoms with Crippen LogP contribution in [-0.2, 0) is 6.54 Å². The molecule has 0 unspecified atom stereocenters. The van der Waals surface area contributed by atoms with Gasteiger partial charge < -0.3 is 15.5 Å². The van der Waals surface area contributed by atoms with Gasteiger partial charge >= 0.3 is 0 Å². The summed E-state index contributed by atoms with van der Waals surface area (Å²) in [6, 6.07) is 4.04. The van der Waals surface area contributed by atoms with E-state index in [-0.39, 0.29) is 0 Å². The van der Waals surface area contributed by atoms with Gasteiger partial charge in [-0.25, -0.2) is 9.97 Å². The fourth-order valence-corrected chi connectivity index (χ4v) is 2.24. The Hall–Kier alpha value is -2.47. The Morgan fingerprint density at radius 1 is 1.15 bits per heavy atom. The van der Waals surface area contributed by atoms with Crippen LogP contribution in [0.2, 0.25) is 0 Å². The van der Waals surface area contributed by atoms with Crippen LogP contribution in [0.25, 0.3) is 11.2 Å². The zero-order valence-electron chi connectivity index (χ0n) is 11.3. The number of aromatic amines is 1. The molecule has 102 valence electrons. The molecule has 0 saturated carbocycles. The van der Waals surface area contributed by atoms with Gasteiger partial charge in [0.15, 0.2) is 5.65 Å². The van der Waals surface area contributed by atoms with E-state index in [1.165, 1.54) is 6.33 Å². The van der Waals surface area contributed by atoms with Crippen LogP contribution in [0.15, 0.2) is 24.8 Å². The van der Waals surface area contributed by atoms with Gasteiger partial charge in [0, 0.05) is 6.54 Å². The van der Waals surface area contributed by atoms with Gasteiger partial charge in [-0.15, -0.1) is 0 Å². The summed E-state index contributed by atoms with van der Waals surface area (Å²) in [4.78, 5) is 15.3. The minimum Gasteiger partial charge on any atom is -0.436 e. The van der Waals surface area contributed by atoms with Gasteiger partial charge in [0.2, 0.25) is 5.88 Å². The number of aromatic nitrogens is 4. The number of ether oxygens (including phenoxy) is 1. The molecule has 6 nitrogen and oxygen atoms in total. The molecule has 20 heavy (non-hydrogen) atoms. The number of imidazole rings is 1. The van der Waals surface area contributed by atoms with Crippen LogP contribution < -0.4 is 10.5 Å². The molecule has 3 aromatic rings. The van der Waals surface area contributed by atoms with Crippen LogP contribution in [0.3, 0.4) is 0 Å². The number of benzene rings is 1. The third-order valence-corrected chi connectivity index (χ3v) is 3.14. The van der Waals surface area contributed by atoms with E-state index in [9.17, 15) is 0 Å². The molecule has 2 aromatic heterocycles. The third-order valence-electron chi connectivity index (χ3n) is 3.14. The summed E-state index contributed by atoms with van der Waals surface area (Å²) in [5, 5.41) is 0. The van der Waals surface area contributed by atoms with Crippen LogP contribution in [0.1, 0.15) is 16.7 Å². The molecule has 0 aliphatic heterocycles. The highest BCUT2D eigenvalue weighted by molar-refractivity contribution is 5.75. The van der Waals surface area contributed by atoms with Crippen molar-refractivity contribution in [1.82, 2.24) is 19.9 Å². The number of fused-ring (bicyclic) bond motifs is 1. The third kappa shape index (κ3) is 2.10. The number of hydrogen-bond donors (Lipinski definition) is 2. The van der Waals surface area contributed by atoms with Crippen molar-refractivity contribution in [2.45, 2.75) is 20.4 Å². The molecular weight excluding hydrogens is 254 g/mol. The summed E-state index contributed by atoms with van der Waals surface area (Å²) >= 11 is 0. The zero-order valence-corrected chi connectivity index (χ0v) is 11.3. The lowest BCUT2D eigenvalue weighted by Crippen LogP contribution is -2.00. The van der Waals surface area contributed by atoms with E-state index in [0.717, 1.165) is 22.4 Å². The van der Waals surface area contributed by atoms with Gasteiger partial charge in [-0.2, -0.15) is 4.98 Å². The number of rotatable bonds is 3. The number of aryl methyl sites for hydroxylation is 2. The maximum atomic E-state index is 5.95. The lowest BCUT2D eigenvalue weighted by atomic mass is 10.1. The van der Waals surface area contributed by atoms with Gasteiger partial charge in [0.05, 0.1) is 6.33 Å². The summed E-state index contributed by atoms with van der Waals surface area (Å²) in [5.74, 6) is 1.26. The molecule has 0 aliphatic carbocycles. The maximum absolute atomic E-state index is 5.95. The molecular formula is C14H15N5O. The summed E-state index contributed by atoms with van der Waals surface area (Å²) in [7, 11) is 0. The second-order valence-corrected chi connectivity index (χ2v) is 4.64. The number of hydrogen-bond acceptors (Lipinski definition) is 5. The second-order valence-electron chi connectivity index (χ2n) is 4.64. The molecule has 0 fully saturated rings. The summed E-state index contributed by atoms with van der Waals surface area (Å²) in [5.41, 5.74) is 10.1. The van der Waals surface area contributed by atoms with E-state index in [4.69, 9.17) is 10.5 Å². The highest BCUT2D eigenvalue weighted by atomic mass is 16.5. The molecule has 6 heteroatoms. The first-order valence-electron chi connectivity index (χ1n) is 6.31. The van der Waals surface area contributed by atoms with Crippen molar-refractivity contribution >= 4 is 11.2 Å². The smallest absolute Gasteiger partial charge is 0.248 e. The number of H-pyrrole nitrogens is 1. The Balaban J connectivity index is 2.05. The Morgan fingerprint density at radius 3 is 2.60 bits per heavy atom. The van der Waals surface area contributed by atoms with Crippen LogP contribution in [-0.4, -0.2) is 19.9 Å². The minimum atomic E-state index is 0.471. The minimum absolute atomic E-state index is 0.471. The van der Waals surface area contributed by atoms with Crippen molar-refractivity contribution in [2.24, 2.45) is 5.73 Å². The van der Waals surface area contributed by atoms with Crippen LogP contribution >= 0.6 is 0 Å². The average molecular weight is 269 g/mol. The molecule has 0 aliphatic rings. The largest absolute Gasteiger partial charge is 0.436 e. The van der Waals surface area contributed by atoms with Crippen molar-refractivity contribution in [3.05, 3.63) is 41.5 Å². The van der Waals surface area contributed by atoms with Gasteiger partial charge in [-0.05, 0) is 30.5 Å². The van der Waals surface area contributed by atoms with E-state index in [0.29, 0.717) is 23.6 Å². The van der Waals surface area contributed by atoms with Crippen molar-refractivity contribution in [2.75, 3.05) is 0 Å². The number of nitrogens with two attached hydrogens (primary N) is 1. The molecule has 0 saturated heterocycles. The maximum Gasteiger partial charge on any atom is 0.248 e. The summed E-state index contributed by atoms with van der Waals surface area (Å²) in [6.45, 7) is 4.50. The van der Waals surface area contributed by atoms with E-state index in [1.807, 2.05) is 26.0 Å². The Kier molecular flexibility index (Phi) is 3.08. The Morgan fingerprint density at radius 2 is 1.90 bits per heavy atom. The normalized spacial score (nSPS) is 10.9. The zero-order chi connectivity index (χ0) is 14.1. The van der Waals surface area contributed by atoms with Gasteiger partial charge in [-0.3, -0.25) is 0 Å². The van der Waals surface area contributed by atoms with E-state index in [2.05, 4.69) is 19.9 Å². The molecule has 0 amide bonds. The second kappa shape index (κ2) is 4.90. The monoisotopic (exact) mass is 269 g/mol. The topological polar surface area (TPSA) is 89.7 Å². The molecule has 0 atom stereocenters. The first-order valence-corrected chi connectivity index (χ1v) is 6.31. The quantitative estimate of drug-likeness (QED) is 0.761. The van der Waals surface area contributed by atoms with E-state index < -0.39 is 0 Å². The van der Waals surface area contributed by atoms with Crippen LogP contribution in [0, 0.1) is 13.8 Å².